The summed E-state index contributed by atoms with van der Waals surface area (Å²) >= 11 is 0. The van der Waals surface area contributed by atoms with E-state index in [1.807, 2.05) is 49.4 Å². The lowest BCUT2D eigenvalue weighted by molar-refractivity contribution is 0.122. The molecule has 0 bridgehead atoms. The van der Waals surface area contributed by atoms with Gasteiger partial charge >= 0.3 is 0 Å². The van der Waals surface area contributed by atoms with E-state index in [2.05, 4.69) is 24.0 Å². The molecular formula is C20H26N2O2S. The molecule has 2 aromatic carbocycles. The van der Waals surface area contributed by atoms with Crippen LogP contribution in [0.2, 0.25) is 0 Å². The van der Waals surface area contributed by atoms with Gasteiger partial charge in [-0.05, 0) is 30.5 Å². The summed E-state index contributed by atoms with van der Waals surface area (Å²) in [4.78, 5) is 2.36. The third kappa shape index (κ3) is 4.48. The highest BCUT2D eigenvalue weighted by atomic mass is 32.2. The van der Waals surface area contributed by atoms with Gasteiger partial charge < -0.3 is 0 Å². The maximum atomic E-state index is 12.8. The number of rotatable bonds is 5. The quantitative estimate of drug-likeness (QED) is 0.825. The molecule has 0 radical (unpaired) electrons. The Bertz CT molecular complexity index is 805. The van der Waals surface area contributed by atoms with Crippen molar-refractivity contribution in [3.63, 3.8) is 0 Å². The summed E-state index contributed by atoms with van der Waals surface area (Å²) in [6, 6.07) is 18.3. The van der Waals surface area contributed by atoms with Gasteiger partial charge in [-0.2, -0.15) is 4.31 Å². The Labute approximate surface area is 151 Å². The van der Waals surface area contributed by atoms with Gasteiger partial charge in [0.1, 0.15) is 0 Å². The second kappa shape index (κ2) is 7.68. The highest BCUT2D eigenvalue weighted by molar-refractivity contribution is 7.88. The van der Waals surface area contributed by atoms with Crippen molar-refractivity contribution in [2.45, 2.75) is 32.2 Å². The fraction of sp³-hybridized carbons (Fsp3) is 0.400. The summed E-state index contributed by atoms with van der Waals surface area (Å²) in [6.45, 7) is 6.83. The largest absolute Gasteiger partial charge is 0.294 e. The van der Waals surface area contributed by atoms with Gasteiger partial charge in [0.15, 0.2) is 0 Å². The van der Waals surface area contributed by atoms with Crippen LogP contribution >= 0.6 is 0 Å². The minimum absolute atomic E-state index is 0.0884. The minimum Gasteiger partial charge on any atom is -0.294 e. The van der Waals surface area contributed by atoms with E-state index in [4.69, 9.17) is 0 Å². The van der Waals surface area contributed by atoms with Crippen molar-refractivity contribution >= 4 is 10.0 Å². The Hall–Kier alpha value is -1.69. The average Bonchev–Trinajstić information content (AvgIpc) is 2.59. The van der Waals surface area contributed by atoms with Gasteiger partial charge in [-0.15, -0.1) is 0 Å². The van der Waals surface area contributed by atoms with Gasteiger partial charge in [0.05, 0.1) is 5.75 Å². The van der Waals surface area contributed by atoms with Gasteiger partial charge in [0.25, 0.3) is 0 Å². The lowest BCUT2D eigenvalue weighted by Gasteiger charge is -2.39. The summed E-state index contributed by atoms with van der Waals surface area (Å²) in [6.07, 6.45) is 0. The fourth-order valence-electron chi connectivity index (χ4n) is 3.33. The molecule has 1 fully saturated rings. The van der Waals surface area contributed by atoms with Crippen molar-refractivity contribution in [2.75, 3.05) is 19.6 Å². The average molecular weight is 359 g/mol. The zero-order valence-corrected chi connectivity index (χ0v) is 15.7. The molecule has 0 N–H and O–H groups in total. The minimum atomic E-state index is -3.28. The van der Waals surface area contributed by atoms with E-state index < -0.39 is 10.0 Å². The molecule has 0 aliphatic carbocycles. The molecule has 2 aromatic rings. The van der Waals surface area contributed by atoms with Crippen molar-refractivity contribution in [2.24, 2.45) is 0 Å². The van der Waals surface area contributed by atoms with Crippen LogP contribution in [-0.2, 0) is 22.3 Å². The first kappa shape index (κ1) is 18.1. The second-order valence-electron chi connectivity index (χ2n) is 6.85. The van der Waals surface area contributed by atoms with Crippen molar-refractivity contribution < 1.29 is 8.42 Å². The summed E-state index contributed by atoms with van der Waals surface area (Å²) in [5.41, 5.74) is 3.19. The van der Waals surface area contributed by atoms with Crippen LogP contribution in [-0.4, -0.2) is 43.3 Å². The summed E-state index contributed by atoms with van der Waals surface area (Å²) in [5, 5.41) is 0. The van der Waals surface area contributed by atoms with Crippen molar-refractivity contribution in [1.29, 1.82) is 0 Å². The smallest absolute Gasteiger partial charge is 0.218 e. The number of hydrogen-bond acceptors (Lipinski definition) is 3. The Morgan fingerprint density at radius 3 is 2.36 bits per heavy atom. The Morgan fingerprint density at radius 1 is 1.00 bits per heavy atom. The van der Waals surface area contributed by atoms with E-state index in [9.17, 15) is 8.42 Å². The van der Waals surface area contributed by atoms with E-state index in [0.717, 1.165) is 24.2 Å². The number of sulfonamides is 1. The topological polar surface area (TPSA) is 40.6 Å². The molecule has 0 amide bonds. The lowest BCUT2D eigenvalue weighted by Crippen LogP contribution is -2.53. The number of hydrogen-bond donors (Lipinski definition) is 0. The van der Waals surface area contributed by atoms with Crippen LogP contribution in [0.4, 0.5) is 0 Å². The van der Waals surface area contributed by atoms with Crippen molar-refractivity contribution in [3.05, 3.63) is 71.3 Å². The first-order chi connectivity index (χ1) is 12.0. The molecule has 1 atom stereocenters. The molecule has 1 aliphatic heterocycles. The zero-order valence-electron chi connectivity index (χ0n) is 14.9. The van der Waals surface area contributed by atoms with Crippen LogP contribution in [0.3, 0.4) is 0 Å². The molecule has 5 heteroatoms. The zero-order chi connectivity index (χ0) is 17.9. The predicted octanol–water partition coefficient (Wildman–Crippen LogP) is 3.03. The Kier molecular flexibility index (Phi) is 5.57. The first-order valence-electron chi connectivity index (χ1n) is 8.76. The van der Waals surface area contributed by atoms with Crippen LogP contribution in [0.1, 0.15) is 23.6 Å². The molecule has 0 spiro atoms. The number of benzene rings is 2. The van der Waals surface area contributed by atoms with Crippen molar-refractivity contribution in [1.82, 2.24) is 9.21 Å². The normalized spacial score (nSPS) is 19.8. The van der Waals surface area contributed by atoms with E-state index >= 15 is 0 Å². The molecule has 25 heavy (non-hydrogen) atoms. The number of aryl methyl sites for hydroxylation is 1. The van der Waals surface area contributed by atoms with E-state index in [-0.39, 0.29) is 11.8 Å². The Balaban J connectivity index is 1.64. The SMILES string of the molecule is Cc1ccccc1CS(=O)(=O)N1CCN(Cc2ccccc2)C(C)C1. The Morgan fingerprint density at radius 2 is 1.68 bits per heavy atom. The maximum Gasteiger partial charge on any atom is 0.218 e. The van der Waals surface area contributed by atoms with Crippen LogP contribution in [0.5, 0.6) is 0 Å². The molecule has 134 valence electrons. The van der Waals surface area contributed by atoms with Gasteiger partial charge in [-0.3, -0.25) is 4.90 Å². The maximum absolute atomic E-state index is 12.8. The van der Waals surface area contributed by atoms with Crippen LogP contribution < -0.4 is 0 Å². The second-order valence-corrected chi connectivity index (χ2v) is 8.81. The summed E-state index contributed by atoms with van der Waals surface area (Å²) in [7, 11) is -3.28. The molecule has 1 aliphatic rings. The first-order valence-corrected chi connectivity index (χ1v) is 10.4. The van der Waals surface area contributed by atoms with Gasteiger partial charge in [-0.1, -0.05) is 54.6 Å². The van der Waals surface area contributed by atoms with Gasteiger partial charge in [0, 0.05) is 32.2 Å². The van der Waals surface area contributed by atoms with Gasteiger partial charge in [-0.25, -0.2) is 8.42 Å². The standard InChI is InChI=1S/C20H26N2O2S/c1-17-8-6-7-11-20(17)16-25(23,24)22-13-12-21(18(2)14-22)15-19-9-4-3-5-10-19/h3-11,18H,12-16H2,1-2H3. The predicted molar refractivity (Wildman–Crippen MR) is 102 cm³/mol. The summed E-state index contributed by atoms with van der Waals surface area (Å²) < 4.78 is 27.3. The molecule has 0 saturated carbocycles. The van der Waals surface area contributed by atoms with Crippen LogP contribution in [0.25, 0.3) is 0 Å². The number of nitrogens with zero attached hydrogens (tertiary/aromatic N) is 2. The number of piperazine rings is 1. The molecule has 4 nitrogen and oxygen atoms in total. The molecule has 0 aromatic heterocycles. The highest BCUT2D eigenvalue weighted by Gasteiger charge is 2.31. The molecule has 1 saturated heterocycles. The third-order valence-electron chi connectivity index (χ3n) is 4.95. The molecule has 3 rings (SSSR count). The summed E-state index contributed by atoms with van der Waals surface area (Å²) in [5.74, 6) is 0.0884. The van der Waals surface area contributed by atoms with Gasteiger partial charge in [0.2, 0.25) is 10.0 Å². The fourth-order valence-corrected chi connectivity index (χ4v) is 5.03. The molecule has 1 heterocycles. The molecular weight excluding hydrogens is 332 g/mol. The van der Waals surface area contributed by atoms with Crippen LogP contribution in [0.15, 0.2) is 54.6 Å². The highest BCUT2D eigenvalue weighted by Crippen LogP contribution is 2.20. The van der Waals surface area contributed by atoms with E-state index in [1.54, 1.807) is 4.31 Å². The van der Waals surface area contributed by atoms with E-state index in [0.29, 0.717) is 13.1 Å². The monoisotopic (exact) mass is 358 g/mol. The van der Waals surface area contributed by atoms with Crippen molar-refractivity contribution in [3.8, 4) is 0 Å². The third-order valence-corrected chi connectivity index (χ3v) is 6.74. The van der Waals surface area contributed by atoms with Crippen LogP contribution in [0, 0.1) is 6.92 Å². The van der Waals surface area contributed by atoms with E-state index in [1.165, 1.54) is 5.56 Å². The lowest BCUT2D eigenvalue weighted by atomic mass is 10.1. The molecule has 1 unspecified atom stereocenters.